The summed E-state index contributed by atoms with van der Waals surface area (Å²) in [5.41, 5.74) is 3.87. The zero-order valence-corrected chi connectivity index (χ0v) is 12.9. The van der Waals surface area contributed by atoms with E-state index >= 15 is 0 Å². The second-order valence-corrected chi connectivity index (χ2v) is 6.06. The van der Waals surface area contributed by atoms with Crippen LogP contribution >= 0.6 is 0 Å². The number of nitrogens with one attached hydrogen (secondary N) is 1. The third-order valence-corrected chi connectivity index (χ3v) is 4.30. The Morgan fingerprint density at radius 2 is 1.95 bits per heavy atom. The Hall–Kier alpha value is -1.35. The second kappa shape index (κ2) is 6.89. The molecule has 1 aliphatic rings. The average Bonchev–Trinajstić information content (AvgIpc) is 2.43. The highest BCUT2D eigenvalue weighted by molar-refractivity contribution is 5.76. The van der Waals surface area contributed by atoms with E-state index in [2.05, 4.69) is 49.3 Å². The number of piperidine rings is 1. The molecule has 3 nitrogen and oxygen atoms in total. The zero-order valence-electron chi connectivity index (χ0n) is 12.9. The molecule has 1 aliphatic heterocycles. The van der Waals surface area contributed by atoms with E-state index in [1.165, 1.54) is 16.7 Å². The summed E-state index contributed by atoms with van der Waals surface area (Å²) in [5, 5.41) is 3.17. The van der Waals surface area contributed by atoms with Crippen LogP contribution in [0.25, 0.3) is 0 Å². The molecule has 1 aromatic rings. The van der Waals surface area contributed by atoms with Crippen molar-refractivity contribution in [1.82, 2.24) is 10.2 Å². The lowest BCUT2D eigenvalue weighted by Gasteiger charge is -2.29. The number of hydrogen-bond donors (Lipinski definition) is 1. The molecule has 1 N–H and O–H groups in total. The van der Waals surface area contributed by atoms with E-state index in [4.69, 9.17) is 0 Å². The largest absolute Gasteiger partial charge is 0.353 e. The number of amides is 1. The highest BCUT2D eigenvalue weighted by atomic mass is 16.1. The normalized spacial score (nSPS) is 17.1. The van der Waals surface area contributed by atoms with E-state index in [-0.39, 0.29) is 5.91 Å². The first-order valence-electron chi connectivity index (χ1n) is 7.58. The number of hydrogen-bond acceptors (Lipinski definition) is 2. The minimum absolute atomic E-state index is 0.192. The second-order valence-electron chi connectivity index (χ2n) is 6.06. The van der Waals surface area contributed by atoms with Gasteiger partial charge in [-0.1, -0.05) is 18.2 Å². The molecule has 0 bridgehead atoms. The van der Waals surface area contributed by atoms with Crippen LogP contribution in [-0.2, 0) is 11.2 Å². The monoisotopic (exact) mass is 274 g/mol. The van der Waals surface area contributed by atoms with Crippen LogP contribution in [-0.4, -0.2) is 37.0 Å². The third-order valence-electron chi connectivity index (χ3n) is 4.30. The Morgan fingerprint density at radius 1 is 1.25 bits per heavy atom. The van der Waals surface area contributed by atoms with Crippen molar-refractivity contribution in [3.8, 4) is 0 Å². The molecule has 20 heavy (non-hydrogen) atoms. The highest BCUT2D eigenvalue weighted by Crippen LogP contribution is 2.12. The van der Waals surface area contributed by atoms with Gasteiger partial charge in [-0.25, -0.2) is 0 Å². The molecule has 3 heteroatoms. The molecule has 1 amide bonds. The lowest BCUT2D eigenvalue weighted by atomic mass is 10.0. The molecule has 0 atom stereocenters. The lowest BCUT2D eigenvalue weighted by molar-refractivity contribution is -0.122. The summed E-state index contributed by atoms with van der Waals surface area (Å²) in [6, 6.07) is 6.83. The standard InChI is InChI=1S/C17H26N2O/c1-13-4-5-15(12-14(13)2)6-7-17(20)18-16-8-10-19(3)11-9-16/h4-5,12,16H,6-11H2,1-3H3,(H,18,20). The van der Waals surface area contributed by atoms with Crippen LogP contribution in [0.2, 0.25) is 0 Å². The lowest BCUT2D eigenvalue weighted by Crippen LogP contribution is -2.43. The van der Waals surface area contributed by atoms with E-state index < -0.39 is 0 Å². The van der Waals surface area contributed by atoms with Gasteiger partial charge >= 0.3 is 0 Å². The van der Waals surface area contributed by atoms with Crippen molar-refractivity contribution in [2.24, 2.45) is 0 Å². The zero-order chi connectivity index (χ0) is 14.5. The van der Waals surface area contributed by atoms with Gasteiger partial charge in [-0.2, -0.15) is 0 Å². The molecule has 110 valence electrons. The molecule has 2 rings (SSSR count). The summed E-state index contributed by atoms with van der Waals surface area (Å²) < 4.78 is 0. The number of carbonyl (C=O) groups excluding carboxylic acids is 1. The number of nitrogens with zero attached hydrogens (tertiary/aromatic N) is 1. The van der Waals surface area contributed by atoms with Gasteiger partial charge in [0, 0.05) is 12.5 Å². The predicted octanol–water partition coefficient (Wildman–Crippen LogP) is 2.45. The van der Waals surface area contributed by atoms with Crippen LogP contribution in [0.3, 0.4) is 0 Å². The van der Waals surface area contributed by atoms with Gasteiger partial charge in [0.2, 0.25) is 5.91 Å². The smallest absolute Gasteiger partial charge is 0.220 e. The van der Waals surface area contributed by atoms with Gasteiger partial charge in [0.15, 0.2) is 0 Å². The number of rotatable bonds is 4. The molecule has 1 fully saturated rings. The quantitative estimate of drug-likeness (QED) is 0.914. The van der Waals surface area contributed by atoms with Crippen LogP contribution < -0.4 is 5.32 Å². The van der Waals surface area contributed by atoms with Crippen molar-refractivity contribution < 1.29 is 4.79 Å². The number of likely N-dealkylation sites (tertiary alicyclic amines) is 1. The average molecular weight is 274 g/mol. The van der Waals surface area contributed by atoms with Crippen LogP contribution in [0.5, 0.6) is 0 Å². The van der Waals surface area contributed by atoms with Crippen molar-refractivity contribution in [2.45, 2.75) is 45.6 Å². The first-order chi connectivity index (χ1) is 9.54. The van der Waals surface area contributed by atoms with Crippen molar-refractivity contribution in [3.63, 3.8) is 0 Å². The van der Waals surface area contributed by atoms with Gasteiger partial charge in [-0.15, -0.1) is 0 Å². The fourth-order valence-corrected chi connectivity index (χ4v) is 2.67. The van der Waals surface area contributed by atoms with Crippen molar-refractivity contribution in [1.29, 1.82) is 0 Å². The minimum Gasteiger partial charge on any atom is -0.353 e. The summed E-state index contributed by atoms with van der Waals surface area (Å²) >= 11 is 0. The maximum atomic E-state index is 12.0. The fourth-order valence-electron chi connectivity index (χ4n) is 2.67. The van der Waals surface area contributed by atoms with Crippen LogP contribution in [0.15, 0.2) is 18.2 Å². The minimum atomic E-state index is 0.192. The maximum Gasteiger partial charge on any atom is 0.220 e. The summed E-state index contributed by atoms with van der Waals surface area (Å²) in [5.74, 6) is 0.192. The first kappa shape index (κ1) is 15.0. The molecule has 0 aromatic heterocycles. The number of benzene rings is 1. The van der Waals surface area contributed by atoms with Crippen LogP contribution in [0.4, 0.5) is 0 Å². The molecule has 0 saturated carbocycles. The molecule has 0 aliphatic carbocycles. The molecular weight excluding hydrogens is 248 g/mol. The molecular formula is C17H26N2O. The van der Waals surface area contributed by atoms with Gasteiger partial charge in [0.25, 0.3) is 0 Å². The molecule has 0 unspecified atom stereocenters. The Labute approximate surface area is 122 Å². The molecule has 1 aromatic carbocycles. The van der Waals surface area contributed by atoms with E-state index in [0.29, 0.717) is 12.5 Å². The van der Waals surface area contributed by atoms with E-state index in [0.717, 1.165) is 32.4 Å². The Bertz CT molecular complexity index is 462. The van der Waals surface area contributed by atoms with Gasteiger partial charge < -0.3 is 10.2 Å². The maximum absolute atomic E-state index is 12.0. The van der Waals surface area contributed by atoms with Crippen LogP contribution in [0, 0.1) is 13.8 Å². The van der Waals surface area contributed by atoms with Gasteiger partial charge in [0.1, 0.15) is 0 Å². The van der Waals surface area contributed by atoms with Crippen molar-refractivity contribution >= 4 is 5.91 Å². The third kappa shape index (κ3) is 4.34. The first-order valence-corrected chi connectivity index (χ1v) is 7.58. The highest BCUT2D eigenvalue weighted by Gasteiger charge is 2.18. The fraction of sp³-hybridized carbons (Fsp3) is 0.588. The van der Waals surface area contributed by atoms with E-state index in [1.54, 1.807) is 0 Å². The van der Waals surface area contributed by atoms with Gasteiger partial charge in [0.05, 0.1) is 0 Å². The molecule has 1 saturated heterocycles. The Kier molecular flexibility index (Phi) is 5.18. The summed E-state index contributed by atoms with van der Waals surface area (Å²) in [6.45, 7) is 6.41. The van der Waals surface area contributed by atoms with Crippen molar-refractivity contribution in [2.75, 3.05) is 20.1 Å². The summed E-state index contributed by atoms with van der Waals surface area (Å²) in [4.78, 5) is 14.3. The van der Waals surface area contributed by atoms with Gasteiger partial charge in [-0.05, 0) is 69.9 Å². The Morgan fingerprint density at radius 3 is 2.60 bits per heavy atom. The Balaban J connectivity index is 1.76. The molecule has 0 spiro atoms. The van der Waals surface area contributed by atoms with E-state index in [9.17, 15) is 4.79 Å². The van der Waals surface area contributed by atoms with E-state index in [1.807, 2.05) is 0 Å². The summed E-state index contributed by atoms with van der Waals surface area (Å²) in [6.07, 6.45) is 3.58. The molecule has 0 radical (unpaired) electrons. The SMILES string of the molecule is Cc1ccc(CCC(=O)NC2CCN(C)CC2)cc1C. The number of carbonyl (C=O) groups is 1. The predicted molar refractivity (Wildman–Crippen MR) is 82.9 cm³/mol. The summed E-state index contributed by atoms with van der Waals surface area (Å²) in [7, 11) is 2.14. The number of aryl methyl sites for hydroxylation is 3. The molecule has 1 heterocycles. The van der Waals surface area contributed by atoms with Gasteiger partial charge in [-0.3, -0.25) is 4.79 Å². The van der Waals surface area contributed by atoms with Crippen molar-refractivity contribution in [3.05, 3.63) is 34.9 Å². The topological polar surface area (TPSA) is 32.3 Å². The van der Waals surface area contributed by atoms with Crippen LogP contribution in [0.1, 0.15) is 36.0 Å².